The molecule has 3 aromatic rings. The van der Waals surface area contributed by atoms with Crippen LogP contribution in [0.3, 0.4) is 0 Å². The molecule has 0 saturated carbocycles. The Bertz CT molecular complexity index is 939. The first-order chi connectivity index (χ1) is 12.7. The quantitative estimate of drug-likeness (QED) is 0.768. The predicted octanol–water partition coefficient (Wildman–Crippen LogP) is 3.19. The number of rotatable bonds is 4. The van der Waals surface area contributed by atoms with Gasteiger partial charge in [0, 0.05) is 5.56 Å². The van der Waals surface area contributed by atoms with Gasteiger partial charge in [0.25, 0.3) is 0 Å². The van der Waals surface area contributed by atoms with Crippen LogP contribution in [0.2, 0.25) is 5.02 Å². The lowest BCUT2D eigenvalue weighted by atomic mass is 9.88. The molecule has 0 radical (unpaired) electrons. The number of amides is 1. The Kier molecular flexibility index (Phi) is 4.67. The summed E-state index contributed by atoms with van der Waals surface area (Å²) in [6.45, 7) is 0.0239. The van der Waals surface area contributed by atoms with Crippen LogP contribution in [0.25, 0.3) is 11.4 Å². The van der Waals surface area contributed by atoms with Crippen molar-refractivity contribution in [3.8, 4) is 11.4 Å². The first-order valence-corrected chi connectivity index (χ1v) is 8.98. The second kappa shape index (κ2) is 7.25. The fourth-order valence-corrected chi connectivity index (χ4v) is 3.55. The number of hydrogen-bond donors (Lipinski definition) is 1. The van der Waals surface area contributed by atoms with Gasteiger partial charge < -0.3 is 5.32 Å². The van der Waals surface area contributed by atoms with Gasteiger partial charge >= 0.3 is 0 Å². The van der Waals surface area contributed by atoms with E-state index in [-0.39, 0.29) is 18.5 Å². The van der Waals surface area contributed by atoms with Gasteiger partial charge in [0.2, 0.25) is 11.7 Å². The number of benzene rings is 2. The molecule has 0 aliphatic heterocycles. The van der Waals surface area contributed by atoms with E-state index < -0.39 is 0 Å². The Morgan fingerprint density at radius 3 is 2.88 bits per heavy atom. The minimum absolute atomic E-state index is 0.0239. The minimum atomic E-state index is -0.130. The van der Waals surface area contributed by atoms with Crippen molar-refractivity contribution in [2.75, 3.05) is 0 Å². The molecular weight excluding hydrogens is 350 g/mol. The topological polar surface area (TPSA) is 72.7 Å². The predicted molar refractivity (Wildman–Crippen MR) is 98.5 cm³/mol. The van der Waals surface area contributed by atoms with Crippen LogP contribution in [0.4, 0.5) is 0 Å². The van der Waals surface area contributed by atoms with E-state index in [0.29, 0.717) is 16.4 Å². The summed E-state index contributed by atoms with van der Waals surface area (Å²) in [6, 6.07) is 15.6. The summed E-state index contributed by atoms with van der Waals surface area (Å²) in [5.74, 6) is 0.279. The Balaban J connectivity index is 1.44. The van der Waals surface area contributed by atoms with Gasteiger partial charge in [0.1, 0.15) is 6.54 Å². The maximum Gasteiger partial charge on any atom is 0.244 e. The second-order valence-corrected chi connectivity index (χ2v) is 6.74. The molecule has 0 bridgehead atoms. The Morgan fingerprint density at radius 1 is 1.19 bits per heavy atom. The van der Waals surface area contributed by atoms with E-state index in [9.17, 15) is 4.79 Å². The molecule has 1 N–H and O–H groups in total. The number of carbonyl (C=O) groups excluding carboxylic acids is 1. The molecule has 7 heteroatoms. The van der Waals surface area contributed by atoms with Crippen LogP contribution in [-0.2, 0) is 17.8 Å². The summed E-state index contributed by atoms with van der Waals surface area (Å²) < 4.78 is 0. The first-order valence-electron chi connectivity index (χ1n) is 8.60. The third-order valence-electron chi connectivity index (χ3n) is 4.56. The number of halogens is 1. The van der Waals surface area contributed by atoms with Gasteiger partial charge in [-0.2, -0.15) is 4.80 Å². The van der Waals surface area contributed by atoms with Gasteiger partial charge in [-0.15, -0.1) is 10.2 Å². The number of aryl methyl sites for hydroxylation is 1. The van der Waals surface area contributed by atoms with Crippen molar-refractivity contribution in [1.29, 1.82) is 0 Å². The molecule has 1 unspecified atom stereocenters. The van der Waals surface area contributed by atoms with E-state index >= 15 is 0 Å². The normalized spacial score (nSPS) is 16.1. The van der Waals surface area contributed by atoms with Gasteiger partial charge in [-0.1, -0.05) is 48.0 Å². The first kappa shape index (κ1) is 16.7. The van der Waals surface area contributed by atoms with Crippen LogP contribution in [0.1, 0.15) is 30.0 Å². The van der Waals surface area contributed by atoms with Crippen molar-refractivity contribution in [2.45, 2.75) is 31.8 Å². The molecule has 1 atom stereocenters. The van der Waals surface area contributed by atoms with Gasteiger partial charge in [0.15, 0.2) is 0 Å². The highest BCUT2D eigenvalue weighted by Gasteiger charge is 2.22. The van der Waals surface area contributed by atoms with Crippen molar-refractivity contribution in [2.24, 2.45) is 0 Å². The van der Waals surface area contributed by atoms with Gasteiger partial charge in [-0.3, -0.25) is 4.79 Å². The highest BCUT2D eigenvalue weighted by molar-refractivity contribution is 6.33. The SMILES string of the molecule is O=C(Cn1nnc(-c2ccccc2Cl)n1)NC1CCCc2ccccc21. The van der Waals surface area contributed by atoms with Crippen molar-refractivity contribution >= 4 is 17.5 Å². The number of tetrazole rings is 1. The molecule has 0 fully saturated rings. The van der Waals surface area contributed by atoms with Crippen LogP contribution in [0.5, 0.6) is 0 Å². The highest BCUT2D eigenvalue weighted by atomic mass is 35.5. The molecule has 1 aliphatic rings. The van der Waals surface area contributed by atoms with Gasteiger partial charge in [-0.05, 0) is 47.7 Å². The fraction of sp³-hybridized carbons (Fsp3) is 0.263. The lowest BCUT2D eigenvalue weighted by Crippen LogP contribution is -2.34. The molecule has 26 heavy (non-hydrogen) atoms. The zero-order valence-corrected chi connectivity index (χ0v) is 14.9. The van der Waals surface area contributed by atoms with Crippen LogP contribution >= 0.6 is 11.6 Å². The summed E-state index contributed by atoms with van der Waals surface area (Å²) in [4.78, 5) is 13.7. The molecule has 1 aromatic heterocycles. The standard InChI is InChI=1S/C19H18ClN5O/c20-16-10-4-3-9-15(16)19-22-24-25(23-19)12-18(26)21-17-11-5-7-13-6-1-2-8-14(13)17/h1-4,6,8-10,17H,5,7,11-12H2,(H,21,26). The maximum atomic E-state index is 12.4. The summed E-state index contributed by atoms with van der Waals surface area (Å²) in [6.07, 6.45) is 3.08. The van der Waals surface area contributed by atoms with Crippen LogP contribution in [-0.4, -0.2) is 26.1 Å². The third kappa shape index (κ3) is 3.46. The van der Waals surface area contributed by atoms with Crippen molar-refractivity contribution < 1.29 is 4.79 Å². The number of carbonyl (C=O) groups is 1. The lowest BCUT2D eigenvalue weighted by molar-refractivity contribution is -0.122. The van der Waals surface area contributed by atoms with Crippen LogP contribution in [0.15, 0.2) is 48.5 Å². The highest BCUT2D eigenvalue weighted by Crippen LogP contribution is 2.29. The average Bonchev–Trinajstić information content (AvgIpc) is 3.10. The third-order valence-corrected chi connectivity index (χ3v) is 4.89. The number of nitrogens with one attached hydrogen (secondary N) is 1. The van der Waals surface area contributed by atoms with E-state index in [1.54, 1.807) is 6.07 Å². The molecule has 1 heterocycles. The number of nitrogens with zero attached hydrogens (tertiary/aromatic N) is 4. The van der Waals surface area contributed by atoms with Crippen LogP contribution in [0, 0.1) is 0 Å². The molecule has 1 aliphatic carbocycles. The number of hydrogen-bond acceptors (Lipinski definition) is 4. The molecule has 1 amide bonds. The van der Waals surface area contributed by atoms with E-state index in [1.807, 2.05) is 30.3 Å². The van der Waals surface area contributed by atoms with Crippen molar-refractivity contribution in [1.82, 2.24) is 25.5 Å². The zero-order chi connectivity index (χ0) is 17.9. The number of aromatic nitrogens is 4. The second-order valence-electron chi connectivity index (χ2n) is 6.33. The van der Waals surface area contributed by atoms with Crippen molar-refractivity contribution in [3.63, 3.8) is 0 Å². The molecule has 2 aromatic carbocycles. The summed E-state index contributed by atoms with van der Waals surface area (Å²) in [5, 5.41) is 15.9. The molecule has 4 rings (SSSR count). The summed E-state index contributed by atoms with van der Waals surface area (Å²) >= 11 is 6.15. The molecule has 132 valence electrons. The largest absolute Gasteiger partial charge is 0.348 e. The fourth-order valence-electron chi connectivity index (χ4n) is 3.33. The summed E-state index contributed by atoms with van der Waals surface area (Å²) in [7, 11) is 0. The van der Waals surface area contributed by atoms with E-state index in [2.05, 4.69) is 32.9 Å². The van der Waals surface area contributed by atoms with Gasteiger partial charge in [0.05, 0.1) is 11.1 Å². The van der Waals surface area contributed by atoms with Gasteiger partial charge in [-0.25, -0.2) is 0 Å². The molecule has 0 spiro atoms. The Labute approximate surface area is 156 Å². The Hall–Kier alpha value is -2.73. The van der Waals surface area contributed by atoms with E-state index in [1.165, 1.54) is 15.9 Å². The Morgan fingerprint density at radius 2 is 2.00 bits per heavy atom. The lowest BCUT2D eigenvalue weighted by Gasteiger charge is -2.26. The smallest absolute Gasteiger partial charge is 0.244 e. The molecule has 6 nitrogen and oxygen atoms in total. The van der Waals surface area contributed by atoms with E-state index in [0.717, 1.165) is 19.3 Å². The number of fused-ring (bicyclic) bond motifs is 1. The monoisotopic (exact) mass is 367 g/mol. The average molecular weight is 368 g/mol. The van der Waals surface area contributed by atoms with Crippen LogP contribution < -0.4 is 5.32 Å². The molecule has 0 saturated heterocycles. The maximum absolute atomic E-state index is 12.4. The van der Waals surface area contributed by atoms with Crippen molar-refractivity contribution in [3.05, 3.63) is 64.7 Å². The zero-order valence-electron chi connectivity index (χ0n) is 14.1. The van der Waals surface area contributed by atoms with E-state index in [4.69, 9.17) is 11.6 Å². The minimum Gasteiger partial charge on any atom is -0.348 e. The summed E-state index contributed by atoms with van der Waals surface area (Å²) in [5.41, 5.74) is 3.21. The molecular formula is C19H18ClN5O.